The summed E-state index contributed by atoms with van der Waals surface area (Å²) in [4.78, 5) is 12.8. The van der Waals surface area contributed by atoms with Crippen molar-refractivity contribution in [3.63, 3.8) is 0 Å². The first-order valence-electron chi connectivity index (χ1n) is 6.54. The van der Waals surface area contributed by atoms with Crippen LogP contribution in [0.15, 0.2) is 23.5 Å². The Labute approximate surface area is 116 Å². The molecule has 0 bridgehead atoms. The minimum atomic E-state index is -1.22. The molecule has 20 heavy (non-hydrogen) atoms. The molecule has 2 aliphatic rings. The van der Waals surface area contributed by atoms with Gasteiger partial charge >= 0.3 is 5.97 Å². The first-order valence-corrected chi connectivity index (χ1v) is 6.54. The smallest absolute Gasteiger partial charge is 0.333 e. The Balaban J connectivity index is 2.29. The van der Waals surface area contributed by atoms with Crippen LogP contribution in [0.3, 0.4) is 0 Å². The maximum Gasteiger partial charge on any atom is 0.333 e. The molecular weight excluding hydrogens is 266 g/mol. The van der Waals surface area contributed by atoms with Crippen molar-refractivity contribution in [3.05, 3.63) is 23.5 Å². The van der Waals surface area contributed by atoms with Crippen LogP contribution in [-0.4, -0.2) is 62.4 Å². The summed E-state index contributed by atoms with van der Waals surface area (Å²) in [6, 6.07) is 0. The van der Waals surface area contributed by atoms with Crippen LogP contribution in [0.5, 0.6) is 0 Å². The zero-order valence-electron chi connectivity index (χ0n) is 11.1. The van der Waals surface area contributed by atoms with Gasteiger partial charge in [0.15, 0.2) is 6.23 Å². The van der Waals surface area contributed by atoms with E-state index in [2.05, 4.69) is 0 Å². The molecule has 7 nitrogen and oxygen atoms in total. The van der Waals surface area contributed by atoms with E-state index in [1.807, 2.05) is 6.92 Å². The number of aliphatic carboxylic acids is 1. The van der Waals surface area contributed by atoms with Crippen molar-refractivity contribution < 1.29 is 30.0 Å². The van der Waals surface area contributed by atoms with Gasteiger partial charge in [-0.25, -0.2) is 4.79 Å². The molecule has 2 heterocycles. The van der Waals surface area contributed by atoms with E-state index < -0.39 is 37.1 Å². The number of carboxylic acid groups (broad SMARTS) is 1. The Morgan fingerprint density at radius 2 is 2.15 bits per heavy atom. The van der Waals surface area contributed by atoms with Gasteiger partial charge in [0, 0.05) is 18.3 Å². The fourth-order valence-electron chi connectivity index (χ4n) is 2.60. The molecule has 0 aromatic rings. The number of rotatable bonds is 4. The lowest BCUT2D eigenvalue weighted by molar-refractivity contribution is -0.133. The number of allylic oxidation sites excluding steroid dienone is 2. The number of ether oxygens (including phenoxy) is 1. The number of aliphatic hydroxyl groups is 3. The standard InChI is InChI=1S/C13H19NO6/c1-2-8-7(13(18)19)4-3-5-14(8)12-11(17)10(16)9(6-15)20-12/h3,5,9-12,15-17H,2,4,6H2,1H3,(H,18,19)/t9-,10+,11+,12-/m1/s1. The van der Waals surface area contributed by atoms with E-state index in [0.29, 0.717) is 18.5 Å². The zero-order valence-corrected chi connectivity index (χ0v) is 11.1. The Morgan fingerprint density at radius 1 is 1.45 bits per heavy atom. The second-order valence-electron chi connectivity index (χ2n) is 4.81. The second-order valence-corrected chi connectivity index (χ2v) is 4.81. The highest BCUT2D eigenvalue weighted by molar-refractivity contribution is 5.88. The largest absolute Gasteiger partial charge is 0.478 e. The Kier molecular flexibility index (Phi) is 4.44. The van der Waals surface area contributed by atoms with Crippen molar-refractivity contribution in [3.8, 4) is 0 Å². The predicted octanol–water partition coefficient (Wildman–Crippen LogP) is -0.607. The van der Waals surface area contributed by atoms with E-state index >= 15 is 0 Å². The molecule has 0 amide bonds. The molecule has 4 atom stereocenters. The normalized spacial score (nSPS) is 33.9. The van der Waals surface area contributed by atoms with Crippen LogP contribution in [0.25, 0.3) is 0 Å². The van der Waals surface area contributed by atoms with Crippen LogP contribution in [0.4, 0.5) is 0 Å². The quantitative estimate of drug-likeness (QED) is 0.545. The predicted molar refractivity (Wildman–Crippen MR) is 68.3 cm³/mol. The molecule has 1 saturated heterocycles. The molecule has 0 aromatic heterocycles. The van der Waals surface area contributed by atoms with E-state index in [4.69, 9.17) is 9.84 Å². The summed E-state index contributed by atoms with van der Waals surface area (Å²) in [5.74, 6) is -1.01. The van der Waals surface area contributed by atoms with Gasteiger partial charge in [0.2, 0.25) is 0 Å². The minimum absolute atomic E-state index is 0.243. The van der Waals surface area contributed by atoms with Crippen molar-refractivity contribution in [2.75, 3.05) is 6.61 Å². The average molecular weight is 285 g/mol. The topological polar surface area (TPSA) is 110 Å². The third kappa shape index (κ3) is 2.45. The van der Waals surface area contributed by atoms with Crippen molar-refractivity contribution in [1.82, 2.24) is 4.90 Å². The number of carboxylic acids is 1. The van der Waals surface area contributed by atoms with E-state index in [0.717, 1.165) is 0 Å². The number of hydrogen-bond donors (Lipinski definition) is 4. The van der Waals surface area contributed by atoms with Crippen molar-refractivity contribution in [2.24, 2.45) is 0 Å². The monoisotopic (exact) mass is 285 g/mol. The maximum absolute atomic E-state index is 11.2. The minimum Gasteiger partial charge on any atom is -0.478 e. The van der Waals surface area contributed by atoms with Crippen molar-refractivity contribution in [1.29, 1.82) is 0 Å². The lowest BCUT2D eigenvalue weighted by Crippen LogP contribution is -2.42. The van der Waals surface area contributed by atoms with Crippen LogP contribution in [-0.2, 0) is 9.53 Å². The van der Waals surface area contributed by atoms with Crippen LogP contribution in [0.1, 0.15) is 19.8 Å². The van der Waals surface area contributed by atoms with Crippen molar-refractivity contribution >= 4 is 5.97 Å². The summed E-state index contributed by atoms with van der Waals surface area (Å²) in [6.45, 7) is 1.40. The molecule has 2 rings (SSSR count). The molecule has 0 saturated carbocycles. The number of hydrogen-bond acceptors (Lipinski definition) is 6. The van der Waals surface area contributed by atoms with Gasteiger partial charge in [-0.2, -0.15) is 0 Å². The zero-order chi connectivity index (χ0) is 14.9. The lowest BCUT2D eigenvalue weighted by atomic mass is 10.0. The van der Waals surface area contributed by atoms with Gasteiger partial charge in [0.25, 0.3) is 0 Å². The van der Waals surface area contributed by atoms with Gasteiger partial charge in [-0.15, -0.1) is 0 Å². The number of aliphatic hydroxyl groups excluding tert-OH is 3. The van der Waals surface area contributed by atoms with Gasteiger partial charge in [-0.3, -0.25) is 0 Å². The third-order valence-corrected chi connectivity index (χ3v) is 3.63. The molecular formula is C13H19NO6. The first-order chi connectivity index (χ1) is 9.51. The maximum atomic E-state index is 11.2. The summed E-state index contributed by atoms with van der Waals surface area (Å²) in [6.07, 6.45) is -0.122. The molecule has 4 N–H and O–H groups in total. The summed E-state index contributed by atoms with van der Waals surface area (Å²) < 4.78 is 5.43. The Morgan fingerprint density at radius 3 is 2.65 bits per heavy atom. The summed E-state index contributed by atoms with van der Waals surface area (Å²) in [7, 11) is 0. The first kappa shape index (κ1) is 15.0. The van der Waals surface area contributed by atoms with Gasteiger partial charge in [-0.05, 0) is 6.42 Å². The highest BCUT2D eigenvalue weighted by Crippen LogP contribution is 2.32. The Bertz CT molecular complexity index is 446. The van der Waals surface area contributed by atoms with E-state index in [1.54, 1.807) is 12.3 Å². The van der Waals surface area contributed by atoms with E-state index in [-0.39, 0.29) is 5.57 Å². The van der Waals surface area contributed by atoms with Gasteiger partial charge in [0.1, 0.15) is 18.3 Å². The molecule has 0 aliphatic carbocycles. The number of nitrogens with zero attached hydrogens (tertiary/aromatic N) is 1. The fourth-order valence-corrected chi connectivity index (χ4v) is 2.60. The van der Waals surface area contributed by atoms with Gasteiger partial charge in [0.05, 0.1) is 12.2 Å². The molecule has 2 aliphatic heterocycles. The Hall–Kier alpha value is -1.41. The highest BCUT2D eigenvalue weighted by Gasteiger charge is 2.45. The second kappa shape index (κ2) is 5.92. The van der Waals surface area contributed by atoms with E-state index in [9.17, 15) is 20.1 Å². The number of carbonyl (C=O) groups is 1. The van der Waals surface area contributed by atoms with Crippen molar-refractivity contribution in [2.45, 2.75) is 44.3 Å². The average Bonchev–Trinajstić information content (AvgIpc) is 2.73. The van der Waals surface area contributed by atoms with Crippen LogP contribution in [0.2, 0.25) is 0 Å². The lowest BCUT2D eigenvalue weighted by Gasteiger charge is -2.34. The molecule has 112 valence electrons. The molecule has 1 fully saturated rings. The molecule has 0 spiro atoms. The van der Waals surface area contributed by atoms with Crippen LogP contribution >= 0.6 is 0 Å². The highest BCUT2D eigenvalue weighted by atomic mass is 16.6. The van der Waals surface area contributed by atoms with Gasteiger partial charge in [-0.1, -0.05) is 13.0 Å². The molecule has 0 radical (unpaired) electrons. The summed E-state index contributed by atoms with van der Waals surface area (Å²) in [5, 5.41) is 38.1. The third-order valence-electron chi connectivity index (χ3n) is 3.63. The summed E-state index contributed by atoms with van der Waals surface area (Å²) >= 11 is 0. The molecule has 7 heteroatoms. The summed E-state index contributed by atoms with van der Waals surface area (Å²) in [5.41, 5.74) is 0.780. The SMILES string of the molecule is CCC1=C(C(=O)O)CC=CN1[C@@H]1O[C@H](CO)[C@H](O)[C@@H]1O. The fraction of sp³-hybridized carbons (Fsp3) is 0.615. The molecule has 0 aromatic carbocycles. The molecule has 0 unspecified atom stereocenters. The van der Waals surface area contributed by atoms with E-state index in [1.165, 1.54) is 4.90 Å². The van der Waals surface area contributed by atoms with Crippen LogP contribution < -0.4 is 0 Å². The van der Waals surface area contributed by atoms with Gasteiger partial charge < -0.3 is 30.1 Å². The van der Waals surface area contributed by atoms with Crippen LogP contribution in [0, 0.1) is 0 Å².